The van der Waals surface area contributed by atoms with Crippen LogP contribution >= 0.6 is 15.9 Å². The summed E-state index contributed by atoms with van der Waals surface area (Å²) in [4.78, 5) is 22.0. The van der Waals surface area contributed by atoms with Crippen LogP contribution in [0.15, 0.2) is 15.9 Å². The zero-order valence-corrected chi connectivity index (χ0v) is 11.6. The summed E-state index contributed by atoms with van der Waals surface area (Å²) < 4.78 is 6.98. The molecule has 3 heterocycles. The topological polar surface area (TPSA) is 133 Å². The van der Waals surface area contributed by atoms with Gasteiger partial charge >= 0.3 is 0 Å². The number of fused-ring (bicyclic) bond motifs is 1. The molecule has 4 atom stereocenters. The number of nitrogens with zero attached hydrogens (tertiary/aromatic N) is 3. The lowest BCUT2D eigenvalue weighted by atomic mass is 10.1. The monoisotopic (exact) mass is 346 g/mol. The van der Waals surface area contributed by atoms with Gasteiger partial charge in [0.05, 0.1) is 12.9 Å². The number of aromatic nitrogens is 4. The van der Waals surface area contributed by atoms with E-state index in [4.69, 9.17) is 9.84 Å². The number of halogens is 1. The van der Waals surface area contributed by atoms with E-state index in [1.807, 2.05) is 0 Å². The minimum absolute atomic E-state index is 0.0807. The Kier molecular flexibility index (Phi) is 3.34. The highest BCUT2D eigenvalue weighted by molar-refractivity contribution is 9.10. The number of aliphatic hydroxyl groups excluding tert-OH is 3. The van der Waals surface area contributed by atoms with Crippen molar-refractivity contribution in [2.24, 2.45) is 0 Å². The molecule has 1 saturated heterocycles. The molecule has 0 bridgehead atoms. The first-order valence-corrected chi connectivity index (χ1v) is 6.57. The number of imidazole rings is 1. The van der Waals surface area contributed by atoms with E-state index in [0.717, 1.165) is 0 Å². The molecule has 1 fully saturated rings. The summed E-state index contributed by atoms with van der Waals surface area (Å²) in [5.74, 6) is 0. The van der Waals surface area contributed by atoms with Gasteiger partial charge < -0.3 is 25.0 Å². The minimum atomic E-state index is -1.28. The fraction of sp³-hybridized carbons (Fsp3) is 0.500. The number of ether oxygens (including phenoxy) is 1. The predicted molar refractivity (Wildman–Crippen MR) is 68.9 cm³/mol. The second-order valence-electron chi connectivity index (χ2n) is 4.38. The third-order valence-corrected chi connectivity index (χ3v) is 3.77. The standard InChI is InChI=1S/C10H11BrN4O5/c11-10-14-4-7(12-2-13-8(4)19)15(10)9-6(18)5(17)3(1-16)20-9/h2-3,5-6,9,16-18H,1H2,(H,12,13,19)/t3-,5+,6-,9-/m1/s1. The van der Waals surface area contributed by atoms with Gasteiger partial charge in [0.25, 0.3) is 5.56 Å². The Morgan fingerprint density at radius 3 is 2.85 bits per heavy atom. The predicted octanol–water partition coefficient (Wildman–Crippen LogP) is -1.51. The van der Waals surface area contributed by atoms with E-state index in [-0.39, 0.29) is 15.9 Å². The summed E-state index contributed by atoms with van der Waals surface area (Å²) in [5, 5.41) is 28.9. The highest BCUT2D eigenvalue weighted by Gasteiger charge is 2.44. The van der Waals surface area contributed by atoms with Crippen LogP contribution in [0.4, 0.5) is 0 Å². The van der Waals surface area contributed by atoms with Crippen LogP contribution in [0.2, 0.25) is 0 Å². The molecule has 3 rings (SSSR count). The average molecular weight is 347 g/mol. The molecule has 0 aliphatic carbocycles. The van der Waals surface area contributed by atoms with E-state index in [1.54, 1.807) is 0 Å². The van der Waals surface area contributed by atoms with E-state index in [9.17, 15) is 15.0 Å². The van der Waals surface area contributed by atoms with Gasteiger partial charge in [-0.1, -0.05) is 0 Å². The van der Waals surface area contributed by atoms with Crippen LogP contribution in [0.1, 0.15) is 6.23 Å². The Morgan fingerprint density at radius 2 is 2.20 bits per heavy atom. The van der Waals surface area contributed by atoms with Gasteiger partial charge in [-0.3, -0.25) is 9.36 Å². The van der Waals surface area contributed by atoms with Crippen LogP contribution in [0.25, 0.3) is 11.2 Å². The summed E-state index contributed by atoms with van der Waals surface area (Å²) in [7, 11) is 0. The second-order valence-corrected chi connectivity index (χ2v) is 5.09. The smallest absolute Gasteiger partial charge is 0.278 e. The largest absolute Gasteiger partial charge is 0.394 e. The Balaban J connectivity index is 2.14. The van der Waals surface area contributed by atoms with Crippen molar-refractivity contribution in [2.75, 3.05) is 6.61 Å². The third kappa shape index (κ3) is 1.88. The minimum Gasteiger partial charge on any atom is -0.394 e. The van der Waals surface area contributed by atoms with Crippen molar-refractivity contribution < 1.29 is 20.1 Å². The van der Waals surface area contributed by atoms with Crippen molar-refractivity contribution in [1.82, 2.24) is 19.5 Å². The van der Waals surface area contributed by atoms with Gasteiger partial charge in [-0.25, -0.2) is 9.97 Å². The zero-order chi connectivity index (χ0) is 14.4. The number of hydrogen-bond acceptors (Lipinski definition) is 7. The molecular weight excluding hydrogens is 336 g/mol. The SMILES string of the molecule is O=c1[nH]cnc2c1nc(Br)n2[C@@H]1O[C@H](CO)[C@H](O)[C@H]1O. The van der Waals surface area contributed by atoms with Gasteiger partial charge in [-0.15, -0.1) is 0 Å². The van der Waals surface area contributed by atoms with E-state index in [1.165, 1.54) is 10.9 Å². The quantitative estimate of drug-likeness (QED) is 0.486. The van der Waals surface area contributed by atoms with E-state index < -0.39 is 36.7 Å². The third-order valence-electron chi connectivity index (χ3n) is 3.21. The molecule has 1 aliphatic rings. The molecule has 20 heavy (non-hydrogen) atoms. The molecule has 0 unspecified atom stereocenters. The van der Waals surface area contributed by atoms with Crippen molar-refractivity contribution in [3.63, 3.8) is 0 Å². The van der Waals surface area contributed by atoms with E-state index >= 15 is 0 Å². The van der Waals surface area contributed by atoms with Crippen molar-refractivity contribution in [2.45, 2.75) is 24.5 Å². The highest BCUT2D eigenvalue weighted by atomic mass is 79.9. The van der Waals surface area contributed by atoms with Gasteiger partial charge in [0.2, 0.25) is 0 Å². The second kappa shape index (κ2) is 4.90. The van der Waals surface area contributed by atoms with Crippen molar-refractivity contribution >= 4 is 27.1 Å². The molecule has 0 saturated carbocycles. The Labute approximate surface area is 120 Å². The molecule has 0 radical (unpaired) electrons. The van der Waals surface area contributed by atoms with Crippen LogP contribution in [0.5, 0.6) is 0 Å². The molecule has 0 aromatic carbocycles. The summed E-state index contributed by atoms with van der Waals surface area (Å²) in [6.45, 7) is -0.438. The van der Waals surface area contributed by atoms with Crippen LogP contribution in [0, 0.1) is 0 Å². The zero-order valence-electron chi connectivity index (χ0n) is 9.97. The number of rotatable bonds is 2. The molecule has 0 spiro atoms. The van der Waals surface area contributed by atoms with E-state index in [2.05, 4.69) is 30.9 Å². The van der Waals surface area contributed by atoms with Gasteiger partial charge in [0.1, 0.15) is 18.3 Å². The summed E-state index contributed by atoms with van der Waals surface area (Å²) in [6, 6.07) is 0. The fourth-order valence-electron chi connectivity index (χ4n) is 2.21. The average Bonchev–Trinajstić information content (AvgIpc) is 2.90. The molecule has 10 heteroatoms. The maximum Gasteiger partial charge on any atom is 0.278 e. The molecule has 0 amide bonds. The molecule has 9 nitrogen and oxygen atoms in total. The molecule has 4 N–H and O–H groups in total. The van der Waals surface area contributed by atoms with Crippen molar-refractivity contribution in [3.05, 3.63) is 21.4 Å². The molecule has 2 aromatic rings. The Hall–Kier alpha value is -1.33. The molecule has 108 valence electrons. The Bertz CT molecular complexity index is 701. The van der Waals surface area contributed by atoms with Crippen molar-refractivity contribution in [3.8, 4) is 0 Å². The van der Waals surface area contributed by atoms with Crippen LogP contribution in [-0.2, 0) is 4.74 Å². The first-order valence-electron chi connectivity index (χ1n) is 5.78. The number of aromatic amines is 1. The fourth-order valence-corrected chi connectivity index (χ4v) is 2.76. The summed E-state index contributed by atoms with van der Waals surface area (Å²) in [6.07, 6.45) is -3.23. The summed E-state index contributed by atoms with van der Waals surface area (Å²) >= 11 is 3.17. The van der Waals surface area contributed by atoms with Gasteiger partial charge in [0, 0.05) is 0 Å². The number of aliphatic hydroxyl groups is 3. The van der Waals surface area contributed by atoms with Crippen molar-refractivity contribution in [1.29, 1.82) is 0 Å². The summed E-state index contributed by atoms with van der Waals surface area (Å²) in [5.41, 5.74) is -0.145. The number of H-pyrrole nitrogens is 1. The lowest BCUT2D eigenvalue weighted by molar-refractivity contribution is -0.0521. The van der Waals surface area contributed by atoms with Crippen LogP contribution in [-0.4, -0.2) is 59.8 Å². The highest BCUT2D eigenvalue weighted by Crippen LogP contribution is 2.33. The molecule has 2 aromatic heterocycles. The lowest BCUT2D eigenvalue weighted by Gasteiger charge is -2.17. The number of nitrogens with one attached hydrogen (secondary N) is 1. The van der Waals surface area contributed by atoms with Gasteiger partial charge in [0.15, 0.2) is 22.1 Å². The van der Waals surface area contributed by atoms with E-state index in [0.29, 0.717) is 0 Å². The van der Waals surface area contributed by atoms with Gasteiger partial charge in [-0.2, -0.15) is 0 Å². The van der Waals surface area contributed by atoms with Crippen LogP contribution in [0.3, 0.4) is 0 Å². The number of hydrogen-bond donors (Lipinski definition) is 4. The normalized spacial score (nSPS) is 30.2. The first-order chi connectivity index (χ1) is 9.54. The molecule has 1 aliphatic heterocycles. The first kappa shape index (κ1) is 13.6. The van der Waals surface area contributed by atoms with Crippen LogP contribution < -0.4 is 5.56 Å². The maximum atomic E-state index is 11.6. The van der Waals surface area contributed by atoms with Gasteiger partial charge in [-0.05, 0) is 15.9 Å². The lowest BCUT2D eigenvalue weighted by Crippen LogP contribution is -2.33. The molecular formula is C10H11BrN4O5. The maximum absolute atomic E-state index is 11.6. The Morgan fingerprint density at radius 1 is 1.45 bits per heavy atom.